The van der Waals surface area contributed by atoms with Crippen LogP contribution in [0.15, 0.2) is 42.5 Å². The van der Waals surface area contributed by atoms with Gasteiger partial charge in [0.2, 0.25) is 0 Å². The number of methoxy groups -OCH3 is 1. The Morgan fingerprint density at radius 3 is 2.28 bits per heavy atom. The maximum atomic E-state index is 10.1. The third-order valence-corrected chi connectivity index (χ3v) is 3.09. The minimum absolute atomic E-state index is 0.141. The fourth-order valence-corrected chi connectivity index (χ4v) is 2.17. The van der Waals surface area contributed by atoms with Gasteiger partial charge in [-0.25, -0.2) is 0 Å². The minimum Gasteiger partial charge on any atom is -0.504 e. The van der Waals surface area contributed by atoms with E-state index in [2.05, 4.69) is 10.6 Å². The summed E-state index contributed by atoms with van der Waals surface area (Å²) in [5, 5.41) is 16.8. The Morgan fingerprint density at radius 2 is 1.67 bits per heavy atom. The van der Waals surface area contributed by atoms with Gasteiger partial charge in [0.15, 0.2) is 11.5 Å². The van der Waals surface area contributed by atoms with Crippen molar-refractivity contribution >= 4 is 11.4 Å². The van der Waals surface area contributed by atoms with Crippen LogP contribution >= 0.6 is 0 Å². The first-order valence-electron chi connectivity index (χ1n) is 5.77. The van der Waals surface area contributed by atoms with Crippen LogP contribution in [-0.2, 0) is 0 Å². The van der Waals surface area contributed by atoms with E-state index in [1.165, 1.54) is 0 Å². The average Bonchev–Trinajstić information content (AvgIpc) is 2.82. The summed E-state index contributed by atoms with van der Waals surface area (Å²) in [5.74, 6) is 0.643. The summed E-state index contributed by atoms with van der Waals surface area (Å²) in [4.78, 5) is 0. The fraction of sp³-hybridized carbons (Fsp3) is 0.143. The van der Waals surface area contributed by atoms with E-state index in [0.29, 0.717) is 5.75 Å². The highest BCUT2D eigenvalue weighted by Crippen LogP contribution is 2.40. The maximum Gasteiger partial charge on any atom is 0.164 e. The van der Waals surface area contributed by atoms with Gasteiger partial charge in [0, 0.05) is 5.56 Å². The molecule has 0 atom stereocenters. The first-order valence-corrected chi connectivity index (χ1v) is 5.77. The Hall–Kier alpha value is -2.36. The largest absolute Gasteiger partial charge is 0.504 e. The van der Waals surface area contributed by atoms with Gasteiger partial charge in [-0.05, 0) is 18.2 Å². The molecule has 1 aliphatic heterocycles. The number of aromatic hydroxyl groups is 1. The summed E-state index contributed by atoms with van der Waals surface area (Å²) < 4.78 is 5.12. The van der Waals surface area contributed by atoms with Gasteiger partial charge in [-0.1, -0.05) is 24.3 Å². The number of ether oxygens (including phenoxy) is 1. The standard InChI is InChI=1S/C14H14N2O2/c1-18-12-8-4-5-9(13(12)17)14-15-10-6-2-3-7-11(10)16-14/h2-8,14-17H,1H3. The summed E-state index contributed by atoms with van der Waals surface area (Å²) in [6.07, 6.45) is -0.141. The van der Waals surface area contributed by atoms with Crippen molar-refractivity contribution in [2.75, 3.05) is 17.7 Å². The molecule has 0 fully saturated rings. The average molecular weight is 242 g/mol. The van der Waals surface area contributed by atoms with Crippen LogP contribution in [0.1, 0.15) is 11.7 Å². The number of hydrogen-bond acceptors (Lipinski definition) is 4. The highest BCUT2D eigenvalue weighted by atomic mass is 16.5. The van der Waals surface area contributed by atoms with Crippen molar-refractivity contribution in [3.63, 3.8) is 0 Å². The van der Waals surface area contributed by atoms with E-state index >= 15 is 0 Å². The molecule has 0 aromatic heterocycles. The van der Waals surface area contributed by atoms with Crippen LogP contribution in [0.4, 0.5) is 11.4 Å². The number of para-hydroxylation sites is 3. The topological polar surface area (TPSA) is 53.5 Å². The molecule has 92 valence electrons. The highest BCUT2D eigenvalue weighted by Gasteiger charge is 2.23. The second-order valence-electron chi connectivity index (χ2n) is 4.17. The Balaban J connectivity index is 1.95. The minimum atomic E-state index is -0.141. The van der Waals surface area contributed by atoms with Crippen molar-refractivity contribution in [3.05, 3.63) is 48.0 Å². The number of anilines is 2. The monoisotopic (exact) mass is 242 g/mol. The van der Waals surface area contributed by atoms with E-state index in [9.17, 15) is 5.11 Å². The van der Waals surface area contributed by atoms with Crippen LogP contribution in [0.3, 0.4) is 0 Å². The van der Waals surface area contributed by atoms with Crippen molar-refractivity contribution < 1.29 is 9.84 Å². The number of fused-ring (bicyclic) bond motifs is 1. The Bertz CT molecular complexity index is 559. The molecule has 0 saturated carbocycles. The number of benzene rings is 2. The zero-order valence-electron chi connectivity index (χ0n) is 9.97. The van der Waals surface area contributed by atoms with E-state index in [1.54, 1.807) is 13.2 Å². The lowest BCUT2D eigenvalue weighted by Gasteiger charge is -2.16. The molecule has 1 aliphatic rings. The zero-order chi connectivity index (χ0) is 12.5. The second-order valence-corrected chi connectivity index (χ2v) is 4.17. The molecular weight excluding hydrogens is 228 g/mol. The molecule has 2 aromatic rings. The van der Waals surface area contributed by atoms with E-state index in [0.717, 1.165) is 16.9 Å². The van der Waals surface area contributed by atoms with Crippen molar-refractivity contribution in [1.82, 2.24) is 0 Å². The molecular formula is C14H14N2O2. The van der Waals surface area contributed by atoms with Crippen molar-refractivity contribution in [1.29, 1.82) is 0 Å². The molecule has 0 unspecified atom stereocenters. The third kappa shape index (κ3) is 1.62. The summed E-state index contributed by atoms with van der Waals surface area (Å²) in [6, 6.07) is 13.4. The van der Waals surface area contributed by atoms with E-state index in [4.69, 9.17) is 4.74 Å². The summed E-state index contributed by atoms with van der Waals surface area (Å²) in [6.45, 7) is 0. The van der Waals surface area contributed by atoms with Crippen LogP contribution in [0.2, 0.25) is 0 Å². The zero-order valence-corrected chi connectivity index (χ0v) is 9.97. The fourth-order valence-electron chi connectivity index (χ4n) is 2.17. The lowest BCUT2D eigenvalue weighted by molar-refractivity contribution is 0.370. The normalized spacial score (nSPS) is 13.6. The molecule has 0 bridgehead atoms. The molecule has 3 rings (SSSR count). The molecule has 0 saturated heterocycles. The molecule has 18 heavy (non-hydrogen) atoms. The van der Waals surface area contributed by atoms with Gasteiger partial charge in [0.05, 0.1) is 18.5 Å². The van der Waals surface area contributed by atoms with E-state index < -0.39 is 0 Å². The molecule has 2 aromatic carbocycles. The lowest BCUT2D eigenvalue weighted by atomic mass is 10.1. The van der Waals surface area contributed by atoms with Crippen LogP contribution in [0.5, 0.6) is 11.5 Å². The predicted molar refractivity (Wildman–Crippen MR) is 71.1 cm³/mol. The third-order valence-electron chi connectivity index (χ3n) is 3.09. The van der Waals surface area contributed by atoms with Crippen LogP contribution < -0.4 is 15.4 Å². The number of hydrogen-bond donors (Lipinski definition) is 3. The van der Waals surface area contributed by atoms with Gasteiger partial charge < -0.3 is 20.5 Å². The summed E-state index contributed by atoms with van der Waals surface area (Å²) in [5.41, 5.74) is 2.83. The predicted octanol–water partition coefficient (Wildman–Crippen LogP) is 2.94. The van der Waals surface area contributed by atoms with E-state index in [1.807, 2.05) is 36.4 Å². The highest BCUT2D eigenvalue weighted by molar-refractivity contribution is 5.75. The number of phenols is 1. The maximum absolute atomic E-state index is 10.1. The molecule has 3 N–H and O–H groups in total. The molecule has 0 aliphatic carbocycles. The summed E-state index contributed by atoms with van der Waals surface area (Å²) in [7, 11) is 1.54. The Labute approximate surface area is 105 Å². The molecule has 0 spiro atoms. The lowest BCUT2D eigenvalue weighted by Crippen LogP contribution is -2.12. The molecule has 0 radical (unpaired) electrons. The Kier molecular flexibility index (Phi) is 2.48. The van der Waals surface area contributed by atoms with Gasteiger partial charge >= 0.3 is 0 Å². The van der Waals surface area contributed by atoms with Gasteiger partial charge in [-0.3, -0.25) is 0 Å². The quantitative estimate of drug-likeness (QED) is 0.758. The number of nitrogens with one attached hydrogen (secondary N) is 2. The molecule has 4 heteroatoms. The first-order chi connectivity index (χ1) is 8.79. The van der Waals surface area contributed by atoms with Crippen molar-refractivity contribution in [2.24, 2.45) is 0 Å². The SMILES string of the molecule is COc1cccc(C2Nc3ccccc3N2)c1O. The van der Waals surface area contributed by atoms with Gasteiger partial charge in [0.25, 0.3) is 0 Å². The molecule has 4 nitrogen and oxygen atoms in total. The first kappa shape index (κ1) is 10.8. The summed E-state index contributed by atoms with van der Waals surface area (Å²) >= 11 is 0. The van der Waals surface area contributed by atoms with E-state index in [-0.39, 0.29) is 11.9 Å². The van der Waals surface area contributed by atoms with Crippen molar-refractivity contribution in [2.45, 2.75) is 6.17 Å². The van der Waals surface area contributed by atoms with Gasteiger partial charge in [0.1, 0.15) is 6.17 Å². The Morgan fingerprint density at radius 1 is 1.00 bits per heavy atom. The second kappa shape index (κ2) is 4.14. The number of rotatable bonds is 2. The molecule has 0 amide bonds. The van der Waals surface area contributed by atoms with Crippen LogP contribution in [0, 0.1) is 0 Å². The number of phenolic OH excluding ortho intramolecular Hbond substituents is 1. The molecule has 1 heterocycles. The van der Waals surface area contributed by atoms with Crippen LogP contribution in [0.25, 0.3) is 0 Å². The van der Waals surface area contributed by atoms with Crippen LogP contribution in [-0.4, -0.2) is 12.2 Å². The van der Waals surface area contributed by atoms with Gasteiger partial charge in [-0.2, -0.15) is 0 Å². The van der Waals surface area contributed by atoms with Gasteiger partial charge in [-0.15, -0.1) is 0 Å². The smallest absolute Gasteiger partial charge is 0.164 e. The van der Waals surface area contributed by atoms with Crippen molar-refractivity contribution in [3.8, 4) is 11.5 Å².